The Balaban J connectivity index is 1.74. The van der Waals surface area contributed by atoms with Crippen molar-refractivity contribution in [2.75, 3.05) is 19.0 Å². The topological polar surface area (TPSA) is 100 Å². The molecule has 2 heterocycles. The van der Waals surface area contributed by atoms with E-state index in [1.54, 1.807) is 36.5 Å². The van der Waals surface area contributed by atoms with Crippen LogP contribution >= 0.6 is 11.6 Å². The highest BCUT2D eigenvalue weighted by atomic mass is 35.5. The number of halogens is 4. The number of anilines is 2. The number of pyridine rings is 1. The van der Waals surface area contributed by atoms with Crippen LogP contribution in [0.5, 0.6) is 11.5 Å². The maximum atomic E-state index is 15.0. The van der Waals surface area contributed by atoms with Gasteiger partial charge in [0.25, 0.3) is 0 Å². The molecule has 0 radical (unpaired) electrons. The predicted octanol–water partition coefficient (Wildman–Crippen LogP) is 6.89. The Morgan fingerprint density at radius 2 is 1.79 bits per heavy atom. The van der Waals surface area contributed by atoms with Gasteiger partial charge in [0.2, 0.25) is 5.95 Å². The number of hydrogen-bond acceptors (Lipinski definition) is 7. The number of fused-ring (bicyclic) bond motifs is 1. The van der Waals surface area contributed by atoms with Crippen molar-refractivity contribution in [2.45, 2.75) is 25.8 Å². The SMILES string of the molecule is C=CCCCOc1cc(OC)cc(Cl)c1Nc1nc(=O)n(-c2cncc3cccc(CC=C)c23)c(=O)n1Cc1cc(F)c(F)cc1F. The van der Waals surface area contributed by atoms with Crippen LogP contribution < -0.4 is 26.2 Å². The van der Waals surface area contributed by atoms with Gasteiger partial charge in [-0.1, -0.05) is 42.0 Å². The highest BCUT2D eigenvalue weighted by Gasteiger charge is 2.22. The minimum Gasteiger partial charge on any atom is -0.497 e. The van der Waals surface area contributed by atoms with Gasteiger partial charge >= 0.3 is 11.4 Å². The van der Waals surface area contributed by atoms with Gasteiger partial charge in [-0.25, -0.2) is 27.3 Å². The van der Waals surface area contributed by atoms with Gasteiger partial charge in [0, 0.05) is 40.7 Å². The third-order valence-corrected chi connectivity index (χ3v) is 7.55. The second-order valence-electron chi connectivity index (χ2n) is 10.3. The summed E-state index contributed by atoms with van der Waals surface area (Å²) in [5.41, 5.74) is -1.37. The highest BCUT2D eigenvalue weighted by Crippen LogP contribution is 2.38. The molecule has 0 aliphatic heterocycles. The van der Waals surface area contributed by atoms with E-state index in [0.717, 1.165) is 14.7 Å². The fraction of sp³-hybridized carbons (Fsp3) is 0.176. The first-order chi connectivity index (χ1) is 22.7. The first kappa shape index (κ1) is 33.0. The van der Waals surface area contributed by atoms with E-state index in [9.17, 15) is 22.8 Å². The van der Waals surface area contributed by atoms with Gasteiger partial charge in [0.15, 0.2) is 11.6 Å². The second-order valence-corrected chi connectivity index (χ2v) is 10.7. The molecule has 0 aliphatic carbocycles. The van der Waals surface area contributed by atoms with Gasteiger partial charge in [-0.3, -0.25) is 9.55 Å². The number of aromatic nitrogens is 4. The molecular weight excluding hydrogens is 635 g/mol. The number of rotatable bonds is 13. The number of unbranched alkanes of at least 4 members (excludes halogenated alkanes) is 1. The molecule has 0 bridgehead atoms. The van der Waals surface area contributed by atoms with Gasteiger partial charge in [-0.15, -0.1) is 13.2 Å². The second kappa shape index (κ2) is 14.4. The first-order valence-electron chi connectivity index (χ1n) is 14.4. The Labute approximate surface area is 272 Å². The Morgan fingerprint density at radius 3 is 2.53 bits per heavy atom. The van der Waals surface area contributed by atoms with Crippen LogP contribution in [0.15, 0.2) is 89.8 Å². The van der Waals surface area contributed by atoms with Crippen molar-refractivity contribution in [1.82, 2.24) is 19.1 Å². The van der Waals surface area contributed by atoms with Crippen molar-refractivity contribution in [2.24, 2.45) is 0 Å². The molecule has 1 N–H and O–H groups in total. The number of nitrogens with one attached hydrogen (secondary N) is 1. The number of hydrogen-bond donors (Lipinski definition) is 1. The Bertz CT molecular complexity index is 2110. The van der Waals surface area contributed by atoms with Crippen molar-refractivity contribution < 1.29 is 22.6 Å². The van der Waals surface area contributed by atoms with Gasteiger partial charge < -0.3 is 14.8 Å². The lowest BCUT2D eigenvalue weighted by Gasteiger charge is -2.20. The van der Waals surface area contributed by atoms with Crippen molar-refractivity contribution in [3.63, 3.8) is 0 Å². The summed E-state index contributed by atoms with van der Waals surface area (Å²) in [6.07, 6.45) is 8.04. The quantitative estimate of drug-likeness (QED) is 0.0832. The van der Waals surface area contributed by atoms with E-state index in [0.29, 0.717) is 47.9 Å². The maximum absolute atomic E-state index is 15.0. The number of benzene rings is 3. The molecule has 5 aromatic rings. The molecule has 0 saturated heterocycles. The summed E-state index contributed by atoms with van der Waals surface area (Å²) in [5, 5.41) is 4.15. The largest absolute Gasteiger partial charge is 0.497 e. The molecule has 0 saturated carbocycles. The molecule has 0 unspecified atom stereocenters. The van der Waals surface area contributed by atoms with E-state index < -0.39 is 35.4 Å². The van der Waals surface area contributed by atoms with Crippen molar-refractivity contribution in [3.8, 4) is 17.2 Å². The number of nitrogens with zero attached hydrogens (tertiary/aromatic N) is 4. The summed E-state index contributed by atoms with van der Waals surface area (Å²) < 4.78 is 56.0. The smallest absolute Gasteiger partial charge is 0.359 e. The molecule has 47 heavy (non-hydrogen) atoms. The number of ether oxygens (including phenoxy) is 2. The summed E-state index contributed by atoms with van der Waals surface area (Å²) in [4.78, 5) is 36.4. The third-order valence-electron chi connectivity index (χ3n) is 7.25. The molecule has 9 nitrogen and oxygen atoms in total. The maximum Gasteiger partial charge on any atom is 0.359 e. The predicted molar refractivity (Wildman–Crippen MR) is 175 cm³/mol. The molecule has 3 aromatic carbocycles. The van der Waals surface area contributed by atoms with E-state index >= 15 is 0 Å². The Morgan fingerprint density at radius 1 is 1.00 bits per heavy atom. The van der Waals surface area contributed by atoms with Gasteiger partial charge in [0.1, 0.15) is 23.0 Å². The van der Waals surface area contributed by atoms with E-state index in [1.807, 2.05) is 6.07 Å². The first-order valence-corrected chi connectivity index (χ1v) is 14.8. The number of methoxy groups -OCH3 is 1. The minimum atomic E-state index is -1.40. The normalized spacial score (nSPS) is 11.0. The summed E-state index contributed by atoms with van der Waals surface area (Å²) in [6.45, 7) is 7.09. The minimum absolute atomic E-state index is 0.0828. The summed E-state index contributed by atoms with van der Waals surface area (Å²) in [7, 11) is 1.44. The fourth-order valence-electron chi connectivity index (χ4n) is 5.01. The Hall–Kier alpha value is -5.36. The average Bonchev–Trinajstić information content (AvgIpc) is 3.04. The summed E-state index contributed by atoms with van der Waals surface area (Å²) in [6, 6.07) is 9.42. The standard InChI is InChI=1S/C34H29ClF3N5O4/c1-4-6-7-12-47-29-15-23(46-3)14-24(35)31(29)40-32-41-33(44)43(28-18-39-17-21-11-8-10-20(9-5-2)30(21)28)34(45)42(32)19-22-13-26(37)27(38)16-25(22)36/h4-5,8,10-11,13-18H,1-2,6-7,9,12,19H2,3H3,(H,40,41,44). The van der Waals surface area contributed by atoms with E-state index in [4.69, 9.17) is 21.1 Å². The lowest BCUT2D eigenvalue weighted by atomic mass is 10.0. The van der Waals surface area contributed by atoms with Gasteiger partial charge in [-0.2, -0.15) is 4.98 Å². The molecule has 0 fully saturated rings. The van der Waals surface area contributed by atoms with Gasteiger partial charge in [-0.05, 0) is 30.9 Å². The third kappa shape index (κ3) is 6.92. The zero-order chi connectivity index (χ0) is 33.7. The van der Waals surface area contributed by atoms with Crippen LogP contribution in [0, 0.1) is 17.5 Å². The van der Waals surface area contributed by atoms with Crippen LogP contribution in [0.3, 0.4) is 0 Å². The molecule has 0 spiro atoms. The molecule has 0 atom stereocenters. The average molecular weight is 664 g/mol. The number of allylic oxidation sites excluding steroid dienone is 2. The van der Waals surface area contributed by atoms with Crippen LogP contribution in [0.1, 0.15) is 24.0 Å². The molecule has 0 amide bonds. The lowest BCUT2D eigenvalue weighted by Crippen LogP contribution is -2.42. The highest BCUT2D eigenvalue weighted by molar-refractivity contribution is 6.33. The van der Waals surface area contributed by atoms with Gasteiger partial charge in [0.05, 0.1) is 37.2 Å². The van der Waals surface area contributed by atoms with E-state index in [-0.39, 0.29) is 40.3 Å². The van der Waals surface area contributed by atoms with E-state index in [1.165, 1.54) is 19.4 Å². The molecule has 242 valence electrons. The Kier molecular flexibility index (Phi) is 10.1. The van der Waals surface area contributed by atoms with Crippen LogP contribution in [-0.4, -0.2) is 32.8 Å². The molecule has 2 aromatic heterocycles. The van der Waals surface area contributed by atoms with Crippen LogP contribution in [0.25, 0.3) is 16.5 Å². The molecule has 5 rings (SSSR count). The fourth-order valence-corrected chi connectivity index (χ4v) is 5.26. The summed E-state index contributed by atoms with van der Waals surface area (Å²) in [5.74, 6) is -3.65. The monoisotopic (exact) mass is 663 g/mol. The van der Waals surface area contributed by atoms with Crippen molar-refractivity contribution in [1.29, 1.82) is 0 Å². The van der Waals surface area contributed by atoms with Crippen LogP contribution in [0.4, 0.5) is 24.8 Å². The van der Waals surface area contributed by atoms with Crippen molar-refractivity contribution in [3.05, 3.63) is 135 Å². The lowest BCUT2D eigenvalue weighted by molar-refractivity contribution is 0.311. The van der Waals surface area contributed by atoms with Crippen LogP contribution in [0.2, 0.25) is 5.02 Å². The summed E-state index contributed by atoms with van der Waals surface area (Å²) >= 11 is 6.59. The van der Waals surface area contributed by atoms with Crippen LogP contribution in [-0.2, 0) is 13.0 Å². The van der Waals surface area contributed by atoms with Crippen molar-refractivity contribution >= 4 is 34.0 Å². The molecule has 0 aliphatic rings. The molecule has 13 heteroatoms. The molecular formula is C34H29ClF3N5O4. The zero-order valence-electron chi connectivity index (χ0n) is 25.2. The van der Waals surface area contributed by atoms with E-state index in [2.05, 4.69) is 28.4 Å². The zero-order valence-corrected chi connectivity index (χ0v) is 26.0.